The lowest BCUT2D eigenvalue weighted by Gasteiger charge is -2.23. The predicted molar refractivity (Wildman–Crippen MR) is 80.5 cm³/mol. The maximum absolute atomic E-state index is 11.3. The van der Waals surface area contributed by atoms with Crippen LogP contribution in [0, 0.1) is 22.0 Å². The highest BCUT2D eigenvalue weighted by molar-refractivity contribution is 5.59. The molecule has 7 heteroatoms. The van der Waals surface area contributed by atoms with Crippen LogP contribution in [0.5, 0.6) is 0 Å². The molecule has 0 radical (unpaired) electrons. The number of anilines is 2. The summed E-state index contributed by atoms with van der Waals surface area (Å²) in [7, 11) is 0. The summed E-state index contributed by atoms with van der Waals surface area (Å²) in [5, 5.41) is 14.3. The molecular formula is C14H21N5O2. The molecule has 0 spiro atoms. The van der Waals surface area contributed by atoms with Crippen molar-refractivity contribution in [2.75, 3.05) is 29.9 Å². The highest BCUT2D eigenvalue weighted by atomic mass is 16.6. The van der Waals surface area contributed by atoms with Crippen molar-refractivity contribution in [3.05, 3.63) is 16.3 Å². The Bertz CT molecular complexity index is 514. The molecule has 2 aliphatic carbocycles. The first-order chi connectivity index (χ1) is 10.2. The van der Waals surface area contributed by atoms with Crippen molar-refractivity contribution in [1.82, 2.24) is 9.97 Å². The fourth-order valence-corrected chi connectivity index (χ4v) is 2.44. The molecule has 2 saturated carbocycles. The van der Waals surface area contributed by atoms with Crippen LogP contribution in [0.25, 0.3) is 0 Å². The van der Waals surface area contributed by atoms with Gasteiger partial charge in [0.2, 0.25) is 11.8 Å². The van der Waals surface area contributed by atoms with E-state index in [9.17, 15) is 10.1 Å². The second-order valence-electron chi connectivity index (χ2n) is 5.98. The Labute approximate surface area is 123 Å². The topological polar surface area (TPSA) is 84.2 Å². The summed E-state index contributed by atoms with van der Waals surface area (Å²) in [5.74, 6) is 2.28. The molecule has 1 heterocycles. The molecule has 0 atom stereocenters. The summed E-state index contributed by atoms with van der Waals surface area (Å²) in [6.07, 6.45) is 6.22. The van der Waals surface area contributed by atoms with Gasteiger partial charge in [0.25, 0.3) is 0 Å². The Kier molecular flexibility index (Phi) is 3.90. The molecule has 0 aliphatic heterocycles. The van der Waals surface area contributed by atoms with Gasteiger partial charge < -0.3 is 10.2 Å². The second-order valence-corrected chi connectivity index (χ2v) is 5.98. The molecule has 2 fully saturated rings. The van der Waals surface area contributed by atoms with Crippen LogP contribution in [-0.4, -0.2) is 34.5 Å². The standard InChI is InChI=1S/C14H21N5O2/c1-2-15-14-16-7-12(19(20)21)13(17-14)18(8-10-3-4-10)9-11-5-6-11/h7,10-11H,2-6,8-9H2,1H3,(H,15,16,17). The van der Waals surface area contributed by atoms with E-state index in [2.05, 4.69) is 20.2 Å². The van der Waals surface area contributed by atoms with Crippen LogP contribution in [-0.2, 0) is 0 Å². The van der Waals surface area contributed by atoms with Crippen LogP contribution >= 0.6 is 0 Å². The summed E-state index contributed by atoms with van der Waals surface area (Å²) in [6.45, 7) is 4.40. The van der Waals surface area contributed by atoms with Gasteiger partial charge in [-0.15, -0.1) is 0 Å². The second kappa shape index (κ2) is 5.83. The largest absolute Gasteiger partial charge is 0.354 e. The zero-order chi connectivity index (χ0) is 14.8. The Morgan fingerprint density at radius 3 is 2.43 bits per heavy atom. The van der Waals surface area contributed by atoms with Crippen molar-refractivity contribution in [3.8, 4) is 0 Å². The van der Waals surface area contributed by atoms with Gasteiger partial charge >= 0.3 is 5.69 Å². The number of aromatic nitrogens is 2. The first kappa shape index (κ1) is 14.0. The van der Waals surface area contributed by atoms with E-state index in [-0.39, 0.29) is 10.6 Å². The van der Waals surface area contributed by atoms with Crippen LogP contribution in [0.3, 0.4) is 0 Å². The zero-order valence-electron chi connectivity index (χ0n) is 12.3. The third-order valence-electron chi connectivity index (χ3n) is 3.93. The third-order valence-corrected chi connectivity index (χ3v) is 3.93. The van der Waals surface area contributed by atoms with Gasteiger partial charge in [0.1, 0.15) is 6.20 Å². The molecule has 2 aliphatic rings. The maximum Gasteiger partial charge on any atom is 0.329 e. The highest BCUT2D eigenvalue weighted by Crippen LogP contribution is 2.37. The average molecular weight is 291 g/mol. The number of nitrogens with one attached hydrogen (secondary N) is 1. The predicted octanol–water partition coefficient (Wildman–Crippen LogP) is 2.44. The van der Waals surface area contributed by atoms with E-state index < -0.39 is 0 Å². The normalized spacial score (nSPS) is 17.6. The van der Waals surface area contributed by atoms with Gasteiger partial charge in [-0.1, -0.05) is 0 Å². The van der Waals surface area contributed by atoms with Crippen molar-refractivity contribution in [1.29, 1.82) is 0 Å². The average Bonchev–Trinajstić information content (AvgIpc) is 3.33. The molecule has 0 saturated heterocycles. The lowest BCUT2D eigenvalue weighted by atomic mass is 10.3. The number of nitrogens with zero attached hydrogens (tertiary/aromatic N) is 4. The van der Waals surface area contributed by atoms with Crippen molar-refractivity contribution in [3.63, 3.8) is 0 Å². The Morgan fingerprint density at radius 1 is 1.33 bits per heavy atom. The van der Waals surface area contributed by atoms with Gasteiger partial charge in [-0.3, -0.25) is 10.1 Å². The molecule has 7 nitrogen and oxygen atoms in total. The van der Waals surface area contributed by atoms with E-state index in [1.807, 2.05) is 6.92 Å². The van der Waals surface area contributed by atoms with E-state index >= 15 is 0 Å². The minimum Gasteiger partial charge on any atom is -0.354 e. The molecule has 0 bridgehead atoms. The summed E-state index contributed by atoms with van der Waals surface area (Å²) < 4.78 is 0. The molecule has 0 unspecified atom stereocenters. The maximum atomic E-state index is 11.3. The van der Waals surface area contributed by atoms with Crippen molar-refractivity contribution in [2.24, 2.45) is 11.8 Å². The van der Waals surface area contributed by atoms with Crippen LogP contribution in [0.15, 0.2) is 6.20 Å². The Hall–Kier alpha value is -1.92. The quantitative estimate of drug-likeness (QED) is 0.585. The molecular weight excluding hydrogens is 270 g/mol. The van der Waals surface area contributed by atoms with Gasteiger partial charge in [0.05, 0.1) is 4.92 Å². The molecule has 0 aromatic carbocycles. The fraction of sp³-hybridized carbons (Fsp3) is 0.714. The van der Waals surface area contributed by atoms with E-state index in [1.54, 1.807) is 0 Å². The number of hydrogen-bond acceptors (Lipinski definition) is 6. The molecule has 21 heavy (non-hydrogen) atoms. The Morgan fingerprint density at radius 2 is 1.95 bits per heavy atom. The van der Waals surface area contributed by atoms with Crippen molar-refractivity contribution >= 4 is 17.5 Å². The minimum atomic E-state index is -0.377. The monoisotopic (exact) mass is 291 g/mol. The number of nitro groups is 1. The lowest BCUT2D eigenvalue weighted by molar-refractivity contribution is -0.384. The summed E-state index contributed by atoms with van der Waals surface area (Å²) >= 11 is 0. The smallest absolute Gasteiger partial charge is 0.329 e. The van der Waals surface area contributed by atoms with Gasteiger partial charge in [0.15, 0.2) is 0 Å². The van der Waals surface area contributed by atoms with E-state index in [1.165, 1.54) is 31.9 Å². The third kappa shape index (κ3) is 3.59. The molecule has 1 aromatic rings. The van der Waals surface area contributed by atoms with E-state index in [0.717, 1.165) is 13.1 Å². The summed E-state index contributed by atoms with van der Waals surface area (Å²) in [5.41, 5.74) is 0.0120. The van der Waals surface area contributed by atoms with E-state index in [0.29, 0.717) is 30.1 Å². The first-order valence-corrected chi connectivity index (χ1v) is 7.67. The first-order valence-electron chi connectivity index (χ1n) is 7.67. The fourth-order valence-electron chi connectivity index (χ4n) is 2.44. The molecule has 1 aromatic heterocycles. The van der Waals surface area contributed by atoms with Gasteiger partial charge in [0, 0.05) is 19.6 Å². The summed E-state index contributed by atoms with van der Waals surface area (Å²) in [4.78, 5) is 21.4. The summed E-state index contributed by atoms with van der Waals surface area (Å²) in [6, 6.07) is 0. The zero-order valence-corrected chi connectivity index (χ0v) is 12.3. The number of rotatable bonds is 8. The van der Waals surface area contributed by atoms with Gasteiger partial charge in [-0.25, -0.2) is 4.98 Å². The van der Waals surface area contributed by atoms with Crippen LogP contribution in [0.4, 0.5) is 17.5 Å². The SMILES string of the molecule is CCNc1ncc([N+](=O)[O-])c(N(CC2CC2)CC2CC2)n1. The van der Waals surface area contributed by atoms with Gasteiger partial charge in [-0.05, 0) is 44.4 Å². The van der Waals surface area contributed by atoms with Crippen molar-refractivity contribution < 1.29 is 4.92 Å². The molecule has 1 N–H and O–H groups in total. The molecule has 0 amide bonds. The van der Waals surface area contributed by atoms with Crippen LogP contribution < -0.4 is 10.2 Å². The highest BCUT2D eigenvalue weighted by Gasteiger charge is 2.33. The Balaban J connectivity index is 1.89. The van der Waals surface area contributed by atoms with Crippen molar-refractivity contribution in [2.45, 2.75) is 32.6 Å². The number of hydrogen-bond donors (Lipinski definition) is 1. The van der Waals surface area contributed by atoms with Crippen LogP contribution in [0.1, 0.15) is 32.6 Å². The van der Waals surface area contributed by atoms with E-state index in [4.69, 9.17) is 0 Å². The van der Waals surface area contributed by atoms with Crippen LogP contribution in [0.2, 0.25) is 0 Å². The molecule has 114 valence electrons. The minimum absolute atomic E-state index is 0.0120. The molecule has 3 rings (SSSR count). The van der Waals surface area contributed by atoms with Gasteiger partial charge in [-0.2, -0.15) is 4.98 Å². The lowest BCUT2D eigenvalue weighted by Crippen LogP contribution is -2.30.